The monoisotopic (exact) mass is 299 g/mol. The van der Waals surface area contributed by atoms with Crippen LogP contribution >= 0.6 is 11.6 Å². The van der Waals surface area contributed by atoms with Gasteiger partial charge in [-0.2, -0.15) is 0 Å². The summed E-state index contributed by atoms with van der Waals surface area (Å²) in [5.74, 6) is 0.160. The molecule has 3 heteroatoms. The Bertz CT molecular complexity index is 451. The van der Waals surface area contributed by atoms with E-state index in [1.165, 1.54) is 0 Å². The van der Waals surface area contributed by atoms with Gasteiger partial charge in [0.25, 0.3) is 0 Å². The van der Waals surface area contributed by atoms with Gasteiger partial charge in [0, 0.05) is 12.1 Å². The second-order valence-corrected chi connectivity index (χ2v) is 7.71. The van der Waals surface area contributed by atoms with E-state index in [-0.39, 0.29) is 21.8 Å². The van der Waals surface area contributed by atoms with Crippen molar-refractivity contribution in [3.63, 3.8) is 0 Å². The van der Waals surface area contributed by atoms with E-state index in [9.17, 15) is 4.39 Å². The summed E-state index contributed by atoms with van der Waals surface area (Å²) in [6, 6.07) is 5.25. The molecule has 1 atom stereocenters. The number of rotatable bonds is 5. The predicted octanol–water partition coefficient (Wildman–Crippen LogP) is 5.07. The summed E-state index contributed by atoms with van der Waals surface area (Å²) < 4.78 is 14.1. The molecule has 0 fully saturated rings. The van der Waals surface area contributed by atoms with Gasteiger partial charge in [-0.1, -0.05) is 44.5 Å². The molecule has 20 heavy (non-hydrogen) atoms. The number of nitrogens with one attached hydrogen (secondary N) is 1. The van der Waals surface area contributed by atoms with Gasteiger partial charge in [-0.05, 0) is 50.2 Å². The number of hydrogen-bond donors (Lipinski definition) is 1. The van der Waals surface area contributed by atoms with Crippen molar-refractivity contribution in [3.8, 4) is 0 Å². The molecule has 1 unspecified atom stereocenters. The maximum Gasteiger partial charge on any atom is 0.144 e. The maximum atomic E-state index is 14.1. The number of halogens is 2. The van der Waals surface area contributed by atoms with Crippen LogP contribution in [0.3, 0.4) is 0 Å². The molecule has 0 heterocycles. The van der Waals surface area contributed by atoms with Crippen LogP contribution in [0.15, 0.2) is 18.2 Å². The molecule has 0 aliphatic heterocycles. The van der Waals surface area contributed by atoms with Crippen LogP contribution in [-0.4, -0.2) is 12.1 Å². The Morgan fingerprint density at radius 2 is 1.80 bits per heavy atom. The average Bonchev–Trinajstić information content (AvgIpc) is 2.31. The minimum atomic E-state index is -0.281. The highest BCUT2D eigenvalue weighted by atomic mass is 35.5. The van der Waals surface area contributed by atoms with E-state index in [2.05, 4.69) is 46.9 Å². The number of hydrogen-bond acceptors (Lipinski definition) is 1. The summed E-state index contributed by atoms with van der Waals surface area (Å²) >= 11 is 5.88. The Morgan fingerprint density at radius 3 is 2.30 bits per heavy atom. The van der Waals surface area contributed by atoms with E-state index >= 15 is 0 Å². The van der Waals surface area contributed by atoms with Gasteiger partial charge in [0.05, 0.1) is 5.02 Å². The van der Waals surface area contributed by atoms with Crippen LogP contribution in [0.4, 0.5) is 4.39 Å². The largest absolute Gasteiger partial charge is 0.312 e. The molecule has 114 valence electrons. The average molecular weight is 300 g/mol. The second kappa shape index (κ2) is 6.44. The zero-order valence-corrected chi connectivity index (χ0v) is 14.2. The van der Waals surface area contributed by atoms with Gasteiger partial charge in [-0.3, -0.25) is 0 Å². The molecule has 1 N–H and O–H groups in total. The maximum absolute atomic E-state index is 14.1. The third kappa shape index (κ3) is 4.75. The molecule has 1 aromatic rings. The Balaban J connectivity index is 2.94. The van der Waals surface area contributed by atoms with Crippen LogP contribution in [0.5, 0.6) is 0 Å². The Morgan fingerprint density at radius 1 is 1.20 bits per heavy atom. The van der Waals surface area contributed by atoms with Crippen LogP contribution in [0.1, 0.15) is 47.1 Å². The molecule has 0 radical (unpaired) electrons. The minimum Gasteiger partial charge on any atom is -0.312 e. The van der Waals surface area contributed by atoms with Crippen molar-refractivity contribution >= 4 is 11.6 Å². The van der Waals surface area contributed by atoms with Crippen molar-refractivity contribution in [2.45, 2.75) is 53.5 Å². The van der Waals surface area contributed by atoms with Crippen molar-refractivity contribution in [2.24, 2.45) is 11.3 Å². The summed E-state index contributed by atoms with van der Waals surface area (Å²) in [5, 5.41) is 3.75. The molecule has 0 saturated carbocycles. The molecule has 0 spiro atoms. The third-order valence-electron chi connectivity index (χ3n) is 4.04. The van der Waals surface area contributed by atoms with Gasteiger partial charge in [-0.15, -0.1) is 0 Å². The van der Waals surface area contributed by atoms with E-state index in [1.807, 2.05) is 12.1 Å². The summed E-state index contributed by atoms with van der Waals surface area (Å²) in [4.78, 5) is 0. The molecule has 0 bridgehead atoms. The van der Waals surface area contributed by atoms with Crippen LogP contribution in [-0.2, 0) is 6.42 Å². The molecule has 0 aliphatic rings. The van der Waals surface area contributed by atoms with E-state index in [0.717, 1.165) is 6.54 Å². The highest BCUT2D eigenvalue weighted by Gasteiger charge is 2.31. The first kappa shape index (κ1) is 17.5. The van der Waals surface area contributed by atoms with Gasteiger partial charge in [0.1, 0.15) is 5.82 Å². The molecule has 0 aromatic heterocycles. The highest BCUT2D eigenvalue weighted by Crippen LogP contribution is 2.33. The first-order chi connectivity index (χ1) is 9.05. The van der Waals surface area contributed by atoms with Crippen LogP contribution < -0.4 is 5.32 Å². The fraction of sp³-hybridized carbons (Fsp3) is 0.647. The zero-order valence-electron chi connectivity index (χ0n) is 13.5. The van der Waals surface area contributed by atoms with Crippen molar-refractivity contribution in [2.75, 3.05) is 6.54 Å². The summed E-state index contributed by atoms with van der Waals surface area (Å²) in [5.41, 5.74) is 0.742. The zero-order chi connectivity index (χ0) is 15.6. The van der Waals surface area contributed by atoms with Crippen LogP contribution in [0.25, 0.3) is 0 Å². The second-order valence-electron chi connectivity index (χ2n) is 7.30. The highest BCUT2D eigenvalue weighted by molar-refractivity contribution is 6.30. The molecular formula is C17H27ClFN. The van der Waals surface area contributed by atoms with Crippen LogP contribution in [0.2, 0.25) is 5.02 Å². The Hall–Kier alpha value is -0.600. The van der Waals surface area contributed by atoms with Crippen molar-refractivity contribution < 1.29 is 4.39 Å². The van der Waals surface area contributed by atoms with E-state index < -0.39 is 0 Å². The molecular weight excluding hydrogens is 273 g/mol. The van der Waals surface area contributed by atoms with Crippen molar-refractivity contribution in [1.82, 2.24) is 5.32 Å². The summed E-state index contributed by atoms with van der Waals surface area (Å²) in [6.45, 7) is 13.9. The minimum absolute atomic E-state index is 0.0151. The Labute approximate surface area is 127 Å². The van der Waals surface area contributed by atoms with Crippen LogP contribution in [0, 0.1) is 17.2 Å². The smallest absolute Gasteiger partial charge is 0.144 e. The lowest BCUT2D eigenvalue weighted by Crippen LogP contribution is -2.45. The summed E-state index contributed by atoms with van der Waals surface area (Å²) in [7, 11) is 0. The van der Waals surface area contributed by atoms with E-state index in [4.69, 9.17) is 11.6 Å². The molecule has 1 rings (SSSR count). The van der Waals surface area contributed by atoms with Gasteiger partial charge < -0.3 is 5.32 Å². The lowest BCUT2D eigenvalue weighted by molar-refractivity contribution is 0.186. The lowest BCUT2D eigenvalue weighted by Gasteiger charge is -2.37. The van der Waals surface area contributed by atoms with Gasteiger partial charge in [0.15, 0.2) is 0 Å². The van der Waals surface area contributed by atoms with Gasteiger partial charge in [0.2, 0.25) is 0 Å². The fourth-order valence-electron chi connectivity index (χ4n) is 2.06. The predicted molar refractivity (Wildman–Crippen MR) is 85.8 cm³/mol. The topological polar surface area (TPSA) is 12.0 Å². The molecule has 1 nitrogen and oxygen atoms in total. The SMILES string of the molecule is CC(C)C(C)(CNC(C)(C)C)Cc1cccc(Cl)c1F. The Kier molecular flexibility index (Phi) is 5.62. The quantitative estimate of drug-likeness (QED) is 0.800. The van der Waals surface area contributed by atoms with Gasteiger partial charge >= 0.3 is 0 Å². The molecule has 0 saturated heterocycles. The van der Waals surface area contributed by atoms with E-state index in [1.54, 1.807) is 6.07 Å². The normalized spacial score (nSPS) is 15.4. The van der Waals surface area contributed by atoms with E-state index in [0.29, 0.717) is 17.9 Å². The molecule has 0 amide bonds. The third-order valence-corrected chi connectivity index (χ3v) is 4.33. The first-order valence-electron chi connectivity index (χ1n) is 7.23. The lowest BCUT2D eigenvalue weighted by atomic mass is 9.74. The fourth-order valence-corrected chi connectivity index (χ4v) is 2.25. The molecule has 0 aliphatic carbocycles. The van der Waals surface area contributed by atoms with Gasteiger partial charge in [-0.25, -0.2) is 4.39 Å². The van der Waals surface area contributed by atoms with Crippen molar-refractivity contribution in [3.05, 3.63) is 34.6 Å². The molecule has 1 aromatic carbocycles. The standard InChI is InChI=1S/C17H27ClFN/c1-12(2)17(6,11-20-16(3,4)5)10-13-8-7-9-14(18)15(13)19/h7-9,12,20H,10-11H2,1-6H3. The number of benzene rings is 1. The first-order valence-corrected chi connectivity index (χ1v) is 7.61. The van der Waals surface area contributed by atoms with Crippen molar-refractivity contribution in [1.29, 1.82) is 0 Å². The summed E-state index contributed by atoms with van der Waals surface area (Å²) in [6.07, 6.45) is 0.681.